The second kappa shape index (κ2) is 22.5. The van der Waals surface area contributed by atoms with Crippen molar-refractivity contribution in [1.29, 1.82) is 0 Å². The second-order valence-electron chi connectivity index (χ2n) is 1.83. The molecule has 0 bridgehead atoms. The molecule has 4 nitrogen and oxygen atoms in total. The maximum Gasteiger partial charge on any atom is 0.0814 e. The zero-order valence-electron chi connectivity index (χ0n) is 6.98. The molecule has 6 N–H and O–H groups in total. The Balaban J connectivity index is -0.000000140. The Hall–Kier alpha value is -0.0951. The number of hydrogen-bond donors (Lipinski definition) is 4. The summed E-state index contributed by atoms with van der Waals surface area (Å²) < 4.78 is 0. The fourth-order valence-corrected chi connectivity index (χ4v) is 0.329. The minimum Gasteiger partial charge on any atom is -0.329 e. The average molecular weight is 162 g/mol. The van der Waals surface area contributed by atoms with Gasteiger partial charge in [0.2, 0.25) is 0 Å². The highest BCUT2D eigenvalue weighted by Crippen LogP contribution is 1.49. The largest absolute Gasteiger partial charge is 0.329 e. The lowest BCUT2D eigenvalue weighted by Gasteiger charge is -1.95. The molecule has 0 fully saturated rings. The second-order valence-corrected chi connectivity index (χ2v) is 1.83. The standard InChI is InChI=1S/C4H13N3.C2H7N.BH3/c5-1-3-7-4-2-6;1-3-2;/h7H,1-6H2;3H,1-2H3;1H3. The SMILES string of the molecule is B.CNC.NCCNCCN. The lowest BCUT2D eigenvalue weighted by atomic mass is 10.6. The van der Waals surface area contributed by atoms with Gasteiger partial charge >= 0.3 is 0 Å². The van der Waals surface area contributed by atoms with Crippen molar-refractivity contribution < 1.29 is 0 Å². The number of nitrogens with one attached hydrogen (secondary N) is 2. The van der Waals surface area contributed by atoms with E-state index in [9.17, 15) is 0 Å². The first kappa shape index (κ1) is 17.1. The predicted octanol–water partition coefficient (Wildman–Crippen LogP) is -2.85. The molecule has 11 heavy (non-hydrogen) atoms. The van der Waals surface area contributed by atoms with Crippen LogP contribution in [-0.4, -0.2) is 48.7 Å². The van der Waals surface area contributed by atoms with Gasteiger partial charge in [0.05, 0.1) is 8.41 Å². The van der Waals surface area contributed by atoms with E-state index < -0.39 is 0 Å². The third-order valence-electron chi connectivity index (χ3n) is 0.642. The molecule has 0 aromatic heterocycles. The Morgan fingerprint density at radius 1 is 1.00 bits per heavy atom. The molecular formula is C6H23BN4. The average Bonchev–Trinajstić information content (AvgIpc) is 1.91. The van der Waals surface area contributed by atoms with E-state index in [1.54, 1.807) is 0 Å². The highest BCUT2D eigenvalue weighted by atomic mass is 14.9. The Morgan fingerprint density at radius 2 is 1.27 bits per heavy atom. The molecule has 0 radical (unpaired) electrons. The van der Waals surface area contributed by atoms with Gasteiger partial charge in [0.1, 0.15) is 0 Å². The summed E-state index contributed by atoms with van der Waals surface area (Å²) in [5.41, 5.74) is 10.3. The fourth-order valence-electron chi connectivity index (χ4n) is 0.329. The molecule has 0 aromatic rings. The van der Waals surface area contributed by atoms with Crippen molar-refractivity contribution in [2.75, 3.05) is 40.3 Å². The predicted molar refractivity (Wildman–Crippen MR) is 55.9 cm³/mol. The molecular weight excluding hydrogens is 139 g/mol. The maximum absolute atomic E-state index is 5.17. The lowest BCUT2D eigenvalue weighted by Crippen LogP contribution is -2.27. The van der Waals surface area contributed by atoms with Crippen LogP contribution in [0, 0.1) is 0 Å². The van der Waals surface area contributed by atoms with E-state index in [2.05, 4.69) is 10.6 Å². The Morgan fingerprint density at radius 3 is 1.45 bits per heavy atom. The summed E-state index contributed by atoms with van der Waals surface area (Å²) >= 11 is 0. The normalized spacial score (nSPS) is 7.64. The minimum absolute atomic E-state index is 0. The molecule has 0 rings (SSSR count). The molecule has 0 saturated carbocycles. The first-order chi connectivity index (χ1) is 4.83. The molecule has 0 aliphatic carbocycles. The van der Waals surface area contributed by atoms with Gasteiger partial charge in [-0.2, -0.15) is 0 Å². The summed E-state index contributed by atoms with van der Waals surface area (Å²) in [6.45, 7) is 3.13. The maximum atomic E-state index is 5.17. The summed E-state index contributed by atoms with van der Waals surface area (Å²) in [4.78, 5) is 0. The third-order valence-corrected chi connectivity index (χ3v) is 0.642. The summed E-state index contributed by atoms with van der Waals surface area (Å²) in [5, 5.41) is 5.78. The minimum atomic E-state index is 0. The fraction of sp³-hybridized carbons (Fsp3) is 1.00. The number of hydrogen-bond acceptors (Lipinski definition) is 4. The molecule has 0 amide bonds. The van der Waals surface area contributed by atoms with E-state index in [0.29, 0.717) is 13.1 Å². The number of rotatable bonds is 4. The molecule has 0 heterocycles. The van der Waals surface area contributed by atoms with Crippen LogP contribution in [0.5, 0.6) is 0 Å². The Labute approximate surface area is 71.7 Å². The molecule has 5 heteroatoms. The first-order valence-corrected chi connectivity index (χ1v) is 3.52. The summed E-state index contributed by atoms with van der Waals surface area (Å²) in [6.07, 6.45) is 0. The summed E-state index contributed by atoms with van der Waals surface area (Å²) in [6, 6.07) is 0. The molecule has 0 aliphatic heterocycles. The van der Waals surface area contributed by atoms with E-state index in [1.807, 2.05) is 14.1 Å². The van der Waals surface area contributed by atoms with Crippen molar-refractivity contribution in [3.8, 4) is 0 Å². The van der Waals surface area contributed by atoms with Gasteiger partial charge in [-0.15, -0.1) is 0 Å². The van der Waals surface area contributed by atoms with Crippen LogP contribution in [0.15, 0.2) is 0 Å². The van der Waals surface area contributed by atoms with Crippen LogP contribution in [0.25, 0.3) is 0 Å². The summed E-state index contributed by atoms with van der Waals surface area (Å²) in [5.74, 6) is 0. The van der Waals surface area contributed by atoms with Gasteiger partial charge in [-0.05, 0) is 14.1 Å². The van der Waals surface area contributed by atoms with E-state index in [0.717, 1.165) is 13.1 Å². The molecule has 70 valence electrons. The van der Waals surface area contributed by atoms with Crippen LogP contribution >= 0.6 is 0 Å². The van der Waals surface area contributed by atoms with Crippen molar-refractivity contribution >= 4 is 8.41 Å². The molecule has 0 aliphatic rings. The van der Waals surface area contributed by atoms with Gasteiger partial charge in [0.25, 0.3) is 0 Å². The first-order valence-electron chi connectivity index (χ1n) is 3.52. The molecule has 0 unspecified atom stereocenters. The van der Waals surface area contributed by atoms with Crippen molar-refractivity contribution in [3.05, 3.63) is 0 Å². The zero-order chi connectivity index (χ0) is 8.24. The van der Waals surface area contributed by atoms with Crippen LogP contribution in [-0.2, 0) is 0 Å². The van der Waals surface area contributed by atoms with Gasteiger partial charge in [-0.25, -0.2) is 0 Å². The zero-order valence-corrected chi connectivity index (χ0v) is 6.98. The van der Waals surface area contributed by atoms with Gasteiger partial charge in [0, 0.05) is 26.2 Å². The smallest absolute Gasteiger partial charge is 0.0814 e. The van der Waals surface area contributed by atoms with Crippen LogP contribution < -0.4 is 22.1 Å². The van der Waals surface area contributed by atoms with Crippen LogP contribution in [0.3, 0.4) is 0 Å². The van der Waals surface area contributed by atoms with Crippen LogP contribution in [0.1, 0.15) is 0 Å². The van der Waals surface area contributed by atoms with E-state index in [1.165, 1.54) is 0 Å². The monoisotopic (exact) mass is 162 g/mol. The highest BCUT2D eigenvalue weighted by Gasteiger charge is 1.76. The molecule has 0 spiro atoms. The number of nitrogens with two attached hydrogens (primary N) is 2. The van der Waals surface area contributed by atoms with Crippen LogP contribution in [0.2, 0.25) is 0 Å². The summed E-state index contributed by atoms with van der Waals surface area (Å²) in [7, 11) is 3.75. The highest BCUT2D eigenvalue weighted by molar-refractivity contribution is 5.75. The topological polar surface area (TPSA) is 76.1 Å². The van der Waals surface area contributed by atoms with Crippen molar-refractivity contribution in [1.82, 2.24) is 10.6 Å². The molecule has 0 saturated heterocycles. The van der Waals surface area contributed by atoms with Crippen molar-refractivity contribution in [2.24, 2.45) is 11.5 Å². The van der Waals surface area contributed by atoms with Crippen molar-refractivity contribution in [2.45, 2.75) is 0 Å². The Bertz CT molecular complexity index is 41.6. The lowest BCUT2D eigenvalue weighted by molar-refractivity contribution is 0.696. The van der Waals surface area contributed by atoms with Gasteiger partial charge in [0.15, 0.2) is 0 Å². The molecule has 0 atom stereocenters. The van der Waals surface area contributed by atoms with Crippen molar-refractivity contribution in [3.63, 3.8) is 0 Å². The third kappa shape index (κ3) is 40.6. The van der Waals surface area contributed by atoms with Gasteiger partial charge < -0.3 is 22.1 Å². The van der Waals surface area contributed by atoms with Gasteiger partial charge in [-0.3, -0.25) is 0 Å². The van der Waals surface area contributed by atoms with E-state index >= 15 is 0 Å². The van der Waals surface area contributed by atoms with Crippen LogP contribution in [0.4, 0.5) is 0 Å². The molecule has 0 aromatic carbocycles. The Kier molecular flexibility index (Phi) is 35.1. The van der Waals surface area contributed by atoms with Gasteiger partial charge in [-0.1, -0.05) is 0 Å². The quantitative estimate of drug-likeness (QED) is 0.265. The van der Waals surface area contributed by atoms with E-state index in [-0.39, 0.29) is 8.41 Å². The van der Waals surface area contributed by atoms with E-state index in [4.69, 9.17) is 11.5 Å².